The molecule has 1 N–H and O–H groups in total. The molecule has 1 amide bonds. The van der Waals surface area contributed by atoms with Gasteiger partial charge in [-0.3, -0.25) is 14.5 Å². The monoisotopic (exact) mass is 302 g/mol. The average molecular weight is 302 g/mol. The molecule has 2 heterocycles. The highest BCUT2D eigenvalue weighted by Crippen LogP contribution is 2.31. The summed E-state index contributed by atoms with van der Waals surface area (Å²) in [6.45, 7) is 3.84. The number of piperidine rings is 1. The van der Waals surface area contributed by atoms with Crippen LogP contribution in [0.5, 0.6) is 0 Å². The summed E-state index contributed by atoms with van der Waals surface area (Å²) in [4.78, 5) is 27.7. The van der Waals surface area contributed by atoms with Crippen molar-refractivity contribution in [3.63, 3.8) is 0 Å². The number of carbonyl (C=O) groups excluding carboxylic acids is 1. The Balaban J connectivity index is 1.63. The standard InChI is InChI=1S/C17H22N2O3/c1-12(17(21)22)18-9-6-14(7-10-18)16(20)19-11-8-13-4-2-3-5-15(13)19/h2-5,12,14H,6-11H2,1H3,(H,21,22). The van der Waals surface area contributed by atoms with Crippen LogP contribution in [0.15, 0.2) is 24.3 Å². The van der Waals surface area contributed by atoms with Gasteiger partial charge in [0.2, 0.25) is 5.91 Å². The number of anilines is 1. The smallest absolute Gasteiger partial charge is 0.320 e. The molecular weight excluding hydrogens is 280 g/mol. The predicted molar refractivity (Wildman–Crippen MR) is 83.9 cm³/mol. The summed E-state index contributed by atoms with van der Waals surface area (Å²) in [5.41, 5.74) is 2.29. The highest BCUT2D eigenvalue weighted by Gasteiger charge is 2.34. The fourth-order valence-corrected chi connectivity index (χ4v) is 3.48. The van der Waals surface area contributed by atoms with Crippen molar-refractivity contribution < 1.29 is 14.7 Å². The van der Waals surface area contributed by atoms with Crippen molar-refractivity contribution in [1.29, 1.82) is 0 Å². The first kappa shape index (κ1) is 15.0. The second-order valence-corrected chi connectivity index (χ2v) is 6.19. The van der Waals surface area contributed by atoms with Gasteiger partial charge in [-0.15, -0.1) is 0 Å². The molecule has 3 rings (SSSR count). The molecule has 5 heteroatoms. The zero-order valence-electron chi connectivity index (χ0n) is 12.9. The van der Waals surface area contributed by atoms with Gasteiger partial charge in [-0.2, -0.15) is 0 Å². The maximum Gasteiger partial charge on any atom is 0.320 e. The van der Waals surface area contributed by atoms with Gasteiger partial charge in [0, 0.05) is 18.2 Å². The lowest BCUT2D eigenvalue weighted by Gasteiger charge is -2.35. The molecule has 1 fully saturated rings. The van der Waals surface area contributed by atoms with Crippen LogP contribution in [-0.2, 0) is 16.0 Å². The number of benzene rings is 1. The number of hydrogen-bond acceptors (Lipinski definition) is 3. The average Bonchev–Trinajstić information content (AvgIpc) is 2.97. The van der Waals surface area contributed by atoms with Gasteiger partial charge >= 0.3 is 5.97 Å². The third-order valence-corrected chi connectivity index (χ3v) is 4.94. The van der Waals surface area contributed by atoms with Crippen LogP contribution in [0.3, 0.4) is 0 Å². The van der Waals surface area contributed by atoms with Crippen LogP contribution in [0.2, 0.25) is 0 Å². The summed E-state index contributed by atoms with van der Waals surface area (Å²) in [5.74, 6) is -0.575. The van der Waals surface area contributed by atoms with E-state index in [1.54, 1.807) is 6.92 Å². The Labute approximate surface area is 130 Å². The molecule has 0 spiro atoms. The van der Waals surface area contributed by atoms with Crippen LogP contribution >= 0.6 is 0 Å². The van der Waals surface area contributed by atoms with E-state index >= 15 is 0 Å². The van der Waals surface area contributed by atoms with Crippen molar-refractivity contribution in [3.05, 3.63) is 29.8 Å². The van der Waals surface area contributed by atoms with Gasteiger partial charge in [0.05, 0.1) is 0 Å². The molecule has 2 aliphatic rings. The maximum absolute atomic E-state index is 12.8. The number of carbonyl (C=O) groups is 2. The van der Waals surface area contributed by atoms with E-state index in [0.717, 1.165) is 31.5 Å². The summed E-state index contributed by atoms with van der Waals surface area (Å²) in [6.07, 6.45) is 2.42. The highest BCUT2D eigenvalue weighted by molar-refractivity contribution is 5.97. The number of nitrogens with zero attached hydrogens (tertiary/aromatic N) is 2. The van der Waals surface area contributed by atoms with E-state index in [1.165, 1.54) is 5.56 Å². The second-order valence-electron chi connectivity index (χ2n) is 6.19. The van der Waals surface area contributed by atoms with E-state index < -0.39 is 12.0 Å². The van der Waals surface area contributed by atoms with Crippen molar-refractivity contribution in [3.8, 4) is 0 Å². The molecule has 0 bridgehead atoms. The van der Waals surface area contributed by atoms with Crippen LogP contribution in [0, 0.1) is 5.92 Å². The molecule has 118 valence electrons. The van der Waals surface area contributed by atoms with E-state index in [-0.39, 0.29) is 11.8 Å². The Morgan fingerprint density at radius 1 is 1.18 bits per heavy atom. The summed E-state index contributed by atoms with van der Waals surface area (Å²) >= 11 is 0. The third-order valence-electron chi connectivity index (χ3n) is 4.94. The van der Waals surface area contributed by atoms with E-state index in [1.807, 2.05) is 28.0 Å². The van der Waals surface area contributed by atoms with Crippen LogP contribution in [0.25, 0.3) is 0 Å². The lowest BCUT2D eigenvalue weighted by molar-refractivity contribution is -0.143. The minimum atomic E-state index is -0.793. The van der Waals surface area contributed by atoms with Crippen molar-refractivity contribution in [2.45, 2.75) is 32.2 Å². The molecule has 1 saturated heterocycles. The van der Waals surface area contributed by atoms with Gasteiger partial charge < -0.3 is 10.0 Å². The normalized spacial score (nSPS) is 20.7. The maximum atomic E-state index is 12.8. The highest BCUT2D eigenvalue weighted by atomic mass is 16.4. The number of likely N-dealkylation sites (tertiary alicyclic amines) is 1. The van der Waals surface area contributed by atoms with E-state index in [2.05, 4.69) is 6.07 Å². The Bertz CT molecular complexity index is 579. The molecule has 5 nitrogen and oxygen atoms in total. The van der Waals surface area contributed by atoms with Crippen molar-refractivity contribution >= 4 is 17.6 Å². The third kappa shape index (κ3) is 2.73. The summed E-state index contributed by atoms with van der Waals surface area (Å²) < 4.78 is 0. The number of hydrogen-bond donors (Lipinski definition) is 1. The molecule has 22 heavy (non-hydrogen) atoms. The first-order valence-electron chi connectivity index (χ1n) is 7.94. The van der Waals surface area contributed by atoms with Gasteiger partial charge in [0.15, 0.2) is 0 Å². The first-order valence-corrected chi connectivity index (χ1v) is 7.94. The number of aliphatic carboxylic acids is 1. The van der Waals surface area contributed by atoms with Gasteiger partial charge in [0.1, 0.15) is 6.04 Å². The summed E-state index contributed by atoms with van der Waals surface area (Å²) in [6, 6.07) is 7.62. The zero-order chi connectivity index (χ0) is 15.7. The predicted octanol–water partition coefficient (Wildman–Crippen LogP) is 1.76. The number of carboxylic acid groups (broad SMARTS) is 1. The Morgan fingerprint density at radius 3 is 2.55 bits per heavy atom. The van der Waals surface area contributed by atoms with Crippen molar-refractivity contribution in [2.24, 2.45) is 5.92 Å². The molecule has 1 atom stereocenters. The molecule has 1 unspecified atom stereocenters. The van der Waals surface area contributed by atoms with Crippen LogP contribution in [-0.4, -0.2) is 47.6 Å². The van der Waals surface area contributed by atoms with E-state index in [0.29, 0.717) is 13.1 Å². The number of rotatable bonds is 3. The van der Waals surface area contributed by atoms with Gasteiger partial charge in [0.25, 0.3) is 0 Å². The topological polar surface area (TPSA) is 60.9 Å². The van der Waals surface area contributed by atoms with Crippen LogP contribution < -0.4 is 4.90 Å². The minimum Gasteiger partial charge on any atom is -0.480 e. The van der Waals surface area contributed by atoms with E-state index in [4.69, 9.17) is 5.11 Å². The summed E-state index contributed by atoms with van der Waals surface area (Å²) in [7, 11) is 0. The number of para-hydroxylation sites is 1. The molecule has 1 aromatic carbocycles. The fourth-order valence-electron chi connectivity index (χ4n) is 3.48. The largest absolute Gasteiger partial charge is 0.480 e. The van der Waals surface area contributed by atoms with Crippen molar-refractivity contribution in [1.82, 2.24) is 4.90 Å². The van der Waals surface area contributed by atoms with E-state index in [9.17, 15) is 9.59 Å². The number of carboxylic acids is 1. The quantitative estimate of drug-likeness (QED) is 0.924. The fraction of sp³-hybridized carbons (Fsp3) is 0.529. The lowest BCUT2D eigenvalue weighted by atomic mass is 9.94. The van der Waals surface area contributed by atoms with Gasteiger partial charge in [-0.1, -0.05) is 18.2 Å². The second kappa shape index (κ2) is 6.08. The zero-order valence-corrected chi connectivity index (χ0v) is 12.9. The van der Waals surface area contributed by atoms with Crippen LogP contribution in [0.1, 0.15) is 25.3 Å². The summed E-state index contributed by atoms with van der Waals surface area (Å²) in [5, 5.41) is 9.07. The van der Waals surface area contributed by atoms with Crippen LogP contribution in [0.4, 0.5) is 5.69 Å². The van der Waals surface area contributed by atoms with Gasteiger partial charge in [-0.05, 0) is 50.9 Å². The molecule has 0 aromatic heterocycles. The van der Waals surface area contributed by atoms with Crippen molar-refractivity contribution in [2.75, 3.05) is 24.5 Å². The van der Waals surface area contributed by atoms with Gasteiger partial charge in [-0.25, -0.2) is 0 Å². The molecule has 0 radical (unpaired) electrons. The minimum absolute atomic E-state index is 0.0170. The molecular formula is C17H22N2O3. The Kier molecular flexibility index (Phi) is 4.16. The Hall–Kier alpha value is -1.88. The molecule has 2 aliphatic heterocycles. The molecule has 0 saturated carbocycles. The Morgan fingerprint density at radius 2 is 1.86 bits per heavy atom. The SMILES string of the molecule is CC(C(=O)O)N1CCC(C(=O)N2CCc3ccccc32)CC1. The molecule has 0 aliphatic carbocycles. The number of amides is 1. The lowest BCUT2D eigenvalue weighted by Crippen LogP contribution is -2.47. The molecule has 1 aromatic rings. The first-order chi connectivity index (χ1) is 10.6. The number of fused-ring (bicyclic) bond motifs is 1.